The molecule has 17 heavy (non-hydrogen) atoms. The van der Waals surface area contributed by atoms with Gasteiger partial charge in [0.25, 0.3) is 0 Å². The molecule has 0 fully saturated rings. The number of halogens is 5. The molecule has 0 atom stereocenters. The van der Waals surface area contributed by atoms with Gasteiger partial charge in [-0.25, -0.2) is 8.78 Å². The van der Waals surface area contributed by atoms with Gasteiger partial charge in [0.2, 0.25) is 5.82 Å². The Kier molecular flexibility index (Phi) is 3.71. The molecule has 0 unspecified atom stereocenters. The molecule has 3 nitrogen and oxygen atoms in total. The standard InChI is InChI=1S/C9H12ClF4N3/c1-8(2,3)17-5(4-10)15-16-7(17)9(13,14)6(11)12/h6H,4H2,1-3H3. The molecule has 1 aromatic rings. The summed E-state index contributed by atoms with van der Waals surface area (Å²) in [6.07, 6.45) is -3.84. The lowest BCUT2D eigenvalue weighted by molar-refractivity contribution is -0.144. The molecule has 0 bridgehead atoms. The third-order valence-corrected chi connectivity index (χ3v) is 2.33. The number of nitrogens with zero attached hydrogens (tertiary/aromatic N) is 3. The predicted octanol–water partition coefficient (Wildman–Crippen LogP) is 3.13. The van der Waals surface area contributed by atoms with E-state index < -0.39 is 23.7 Å². The van der Waals surface area contributed by atoms with E-state index in [-0.39, 0.29) is 11.7 Å². The molecule has 0 saturated carbocycles. The second-order valence-corrected chi connectivity index (χ2v) is 4.77. The van der Waals surface area contributed by atoms with Crippen LogP contribution in [0.25, 0.3) is 0 Å². The quantitative estimate of drug-likeness (QED) is 0.626. The zero-order valence-electron chi connectivity index (χ0n) is 9.52. The van der Waals surface area contributed by atoms with Crippen LogP contribution in [0.2, 0.25) is 0 Å². The van der Waals surface area contributed by atoms with Gasteiger partial charge in [-0.3, -0.25) is 0 Å². The van der Waals surface area contributed by atoms with Gasteiger partial charge in [0.05, 0.1) is 5.88 Å². The van der Waals surface area contributed by atoms with Crippen LogP contribution in [-0.4, -0.2) is 21.2 Å². The highest BCUT2D eigenvalue weighted by Gasteiger charge is 2.49. The Hall–Kier alpha value is -0.850. The minimum absolute atomic E-state index is 0.0366. The second kappa shape index (κ2) is 4.44. The van der Waals surface area contributed by atoms with Gasteiger partial charge in [0.1, 0.15) is 5.82 Å². The van der Waals surface area contributed by atoms with Crippen molar-refractivity contribution in [1.82, 2.24) is 14.8 Å². The molecule has 0 aliphatic rings. The fraction of sp³-hybridized carbons (Fsp3) is 0.778. The summed E-state index contributed by atoms with van der Waals surface area (Å²) in [5.41, 5.74) is -0.860. The van der Waals surface area contributed by atoms with Crippen LogP contribution in [0.1, 0.15) is 32.4 Å². The molecule has 0 spiro atoms. The van der Waals surface area contributed by atoms with Crippen molar-refractivity contribution >= 4 is 11.6 Å². The smallest absolute Gasteiger partial charge is 0.303 e. The van der Waals surface area contributed by atoms with Gasteiger partial charge in [-0.15, -0.1) is 21.8 Å². The highest BCUT2D eigenvalue weighted by Crippen LogP contribution is 2.36. The summed E-state index contributed by atoms with van der Waals surface area (Å²) < 4.78 is 52.2. The lowest BCUT2D eigenvalue weighted by Gasteiger charge is -2.27. The predicted molar refractivity (Wildman–Crippen MR) is 54.5 cm³/mol. The summed E-state index contributed by atoms with van der Waals surface area (Å²) in [6.45, 7) is 4.74. The van der Waals surface area contributed by atoms with E-state index in [2.05, 4.69) is 10.2 Å². The Morgan fingerprint density at radius 1 is 1.24 bits per heavy atom. The van der Waals surface area contributed by atoms with Crippen molar-refractivity contribution in [3.63, 3.8) is 0 Å². The largest absolute Gasteiger partial charge is 0.365 e. The van der Waals surface area contributed by atoms with E-state index in [0.29, 0.717) is 0 Å². The number of aromatic nitrogens is 3. The van der Waals surface area contributed by atoms with Crippen LogP contribution in [0.15, 0.2) is 0 Å². The second-order valence-electron chi connectivity index (χ2n) is 4.50. The van der Waals surface area contributed by atoms with Gasteiger partial charge in [0.15, 0.2) is 0 Å². The minimum atomic E-state index is -4.34. The molecule has 0 aliphatic heterocycles. The summed E-state index contributed by atoms with van der Waals surface area (Å²) in [6, 6.07) is 0. The number of hydrogen-bond acceptors (Lipinski definition) is 2. The Labute approximate surface area is 101 Å². The van der Waals surface area contributed by atoms with Gasteiger partial charge in [-0.1, -0.05) is 0 Å². The average Bonchev–Trinajstić information content (AvgIpc) is 2.60. The van der Waals surface area contributed by atoms with Gasteiger partial charge < -0.3 is 4.57 Å². The molecule has 1 rings (SSSR count). The molecule has 0 aromatic carbocycles. The van der Waals surface area contributed by atoms with Gasteiger partial charge in [-0.05, 0) is 20.8 Å². The Bertz CT molecular complexity index is 397. The summed E-state index contributed by atoms with van der Waals surface area (Å²) >= 11 is 5.53. The van der Waals surface area contributed by atoms with E-state index in [9.17, 15) is 17.6 Å². The lowest BCUT2D eigenvalue weighted by Crippen LogP contribution is -2.34. The molecule has 0 N–H and O–H groups in total. The molecule has 0 amide bonds. The van der Waals surface area contributed by atoms with E-state index in [1.54, 1.807) is 20.8 Å². The van der Waals surface area contributed by atoms with Crippen LogP contribution >= 0.6 is 11.6 Å². The van der Waals surface area contributed by atoms with Crippen molar-refractivity contribution in [3.05, 3.63) is 11.6 Å². The highest BCUT2D eigenvalue weighted by atomic mass is 35.5. The van der Waals surface area contributed by atoms with Crippen LogP contribution in [0.3, 0.4) is 0 Å². The van der Waals surface area contributed by atoms with Crippen LogP contribution in [0.4, 0.5) is 17.6 Å². The average molecular weight is 274 g/mol. The first-order valence-corrected chi connectivity index (χ1v) is 5.33. The minimum Gasteiger partial charge on any atom is -0.303 e. The third-order valence-electron chi connectivity index (χ3n) is 2.09. The zero-order valence-corrected chi connectivity index (χ0v) is 10.3. The van der Waals surface area contributed by atoms with Crippen molar-refractivity contribution in [2.45, 2.75) is 44.5 Å². The summed E-state index contributed by atoms with van der Waals surface area (Å²) in [7, 11) is 0. The fourth-order valence-electron chi connectivity index (χ4n) is 1.42. The monoisotopic (exact) mass is 273 g/mol. The van der Waals surface area contributed by atoms with Gasteiger partial charge in [0, 0.05) is 5.54 Å². The normalized spacial score (nSPS) is 13.5. The first-order valence-electron chi connectivity index (χ1n) is 4.79. The van der Waals surface area contributed by atoms with Crippen LogP contribution < -0.4 is 0 Å². The van der Waals surface area contributed by atoms with Crippen molar-refractivity contribution in [3.8, 4) is 0 Å². The van der Waals surface area contributed by atoms with Crippen molar-refractivity contribution in [1.29, 1.82) is 0 Å². The molecule has 8 heteroatoms. The van der Waals surface area contributed by atoms with E-state index >= 15 is 0 Å². The first kappa shape index (κ1) is 14.2. The van der Waals surface area contributed by atoms with E-state index in [4.69, 9.17) is 11.6 Å². The molecule has 1 heterocycles. The van der Waals surface area contributed by atoms with Crippen LogP contribution in [0, 0.1) is 0 Å². The van der Waals surface area contributed by atoms with Crippen molar-refractivity contribution in [2.75, 3.05) is 0 Å². The Morgan fingerprint density at radius 3 is 2.12 bits per heavy atom. The SMILES string of the molecule is CC(C)(C)n1c(CCl)nnc1C(F)(F)C(F)F. The van der Waals surface area contributed by atoms with Gasteiger partial charge >= 0.3 is 12.3 Å². The van der Waals surface area contributed by atoms with E-state index in [1.165, 1.54) is 0 Å². The van der Waals surface area contributed by atoms with Crippen molar-refractivity contribution < 1.29 is 17.6 Å². The number of rotatable bonds is 3. The molecule has 1 aromatic heterocycles. The van der Waals surface area contributed by atoms with E-state index in [0.717, 1.165) is 4.57 Å². The van der Waals surface area contributed by atoms with Crippen molar-refractivity contribution in [2.24, 2.45) is 0 Å². The molecule has 0 radical (unpaired) electrons. The lowest BCUT2D eigenvalue weighted by atomic mass is 10.1. The van der Waals surface area contributed by atoms with Crippen LogP contribution in [0.5, 0.6) is 0 Å². The highest BCUT2D eigenvalue weighted by molar-refractivity contribution is 6.16. The maximum absolute atomic E-state index is 13.3. The zero-order chi connectivity index (χ0) is 13.4. The Morgan fingerprint density at radius 2 is 1.76 bits per heavy atom. The molecule has 0 aliphatic carbocycles. The number of hydrogen-bond donors (Lipinski definition) is 0. The number of alkyl halides is 5. The topological polar surface area (TPSA) is 30.7 Å². The molecular formula is C9H12ClF4N3. The third kappa shape index (κ3) is 2.53. The van der Waals surface area contributed by atoms with Crippen LogP contribution in [-0.2, 0) is 17.3 Å². The summed E-state index contributed by atoms with van der Waals surface area (Å²) in [5.74, 6) is -5.54. The first-order chi connectivity index (χ1) is 7.62. The molecular weight excluding hydrogens is 262 g/mol. The molecule has 98 valence electrons. The Balaban J connectivity index is 3.41. The molecule has 0 saturated heterocycles. The maximum atomic E-state index is 13.3. The van der Waals surface area contributed by atoms with E-state index in [1.807, 2.05) is 0 Å². The summed E-state index contributed by atoms with van der Waals surface area (Å²) in [5, 5.41) is 6.56. The maximum Gasteiger partial charge on any atom is 0.365 e. The fourth-order valence-corrected chi connectivity index (χ4v) is 1.59. The van der Waals surface area contributed by atoms with Gasteiger partial charge in [-0.2, -0.15) is 8.78 Å². The summed E-state index contributed by atoms with van der Waals surface area (Å²) in [4.78, 5) is 0.